The van der Waals surface area contributed by atoms with Gasteiger partial charge in [-0.1, -0.05) is 32.4 Å². The van der Waals surface area contributed by atoms with Gasteiger partial charge in [-0.05, 0) is 25.1 Å². The van der Waals surface area contributed by atoms with E-state index in [9.17, 15) is 5.11 Å². The lowest BCUT2D eigenvalue weighted by atomic mass is 9.98. The molecule has 0 saturated carbocycles. The molecule has 3 rings (SSSR count). The van der Waals surface area contributed by atoms with Crippen molar-refractivity contribution in [3.8, 4) is 0 Å². The van der Waals surface area contributed by atoms with Gasteiger partial charge in [-0.2, -0.15) is 0 Å². The van der Waals surface area contributed by atoms with Gasteiger partial charge in [0.05, 0.1) is 10.7 Å². The molecule has 0 aliphatic heterocycles. The minimum absolute atomic E-state index is 0.00632. The molecule has 1 unspecified atom stereocenters. The Balaban J connectivity index is 1.96. The smallest absolute Gasteiger partial charge is 0.154 e. The molecule has 1 atom stereocenters. The first-order valence-corrected chi connectivity index (χ1v) is 7.86. The van der Waals surface area contributed by atoms with Crippen LogP contribution >= 0.6 is 11.3 Å². The maximum atomic E-state index is 10.5. The van der Waals surface area contributed by atoms with Crippen LogP contribution in [0.3, 0.4) is 0 Å². The highest BCUT2D eigenvalue weighted by atomic mass is 32.1. The maximum absolute atomic E-state index is 10.5. The molecule has 2 aromatic heterocycles. The third-order valence-electron chi connectivity index (χ3n) is 3.40. The molecule has 0 radical (unpaired) electrons. The predicted molar refractivity (Wildman–Crippen MR) is 85.8 cm³/mol. The van der Waals surface area contributed by atoms with Crippen LogP contribution in [-0.2, 0) is 5.41 Å². The Hall–Kier alpha value is -1.65. The number of hydrogen-bond donors (Lipinski definition) is 1. The molecule has 0 aliphatic rings. The number of benzene rings is 1. The van der Waals surface area contributed by atoms with Crippen molar-refractivity contribution in [2.24, 2.45) is 0 Å². The molecule has 1 aromatic carbocycles. The standard InChI is InChI=1S/C17H19NO2S/c1-10-5-6-13-11(7-10)8-14(20-13)15(19)12-9-21-16(18-12)17(2,3)4/h5-9,15,19H,1-4H3. The summed E-state index contributed by atoms with van der Waals surface area (Å²) in [5.41, 5.74) is 2.61. The summed E-state index contributed by atoms with van der Waals surface area (Å²) >= 11 is 1.58. The van der Waals surface area contributed by atoms with Gasteiger partial charge >= 0.3 is 0 Å². The molecule has 110 valence electrons. The van der Waals surface area contributed by atoms with Crippen LogP contribution in [0.25, 0.3) is 11.0 Å². The zero-order valence-corrected chi connectivity index (χ0v) is 13.5. The Morgan fingerprint density at radius 1 is 1.24 bits per heavy atom. The molecular weight excluding hydrogens is 282 g/mol. The van der Waals surface area contributed by atoms with Crippen LogP contribution in [0.15, 0.2) is 34.1 Å². The first-order valence-electron chi connectivity index (χ1n) is 6.98. The van der Waals surface area contributed by atoms with E-state index in [0.29, 0.717) is 11.5 Å². The van der Waals surface area contributed by atoms with E-state index in [2.05, 4.69) is 31.8 Å². The fourth-order valence-electron chi connectivity index (χ4n) is 2.22. The van der Waals surface area contributed by atoms with Gasteiger partial charge in [0.15, 0.2) is 6.10 Å². The normalized spacial score (nSPS) is 13.8. The Labute approximate surface area is 128 Å². The van der Waals surface area contributed by atoms with Crippen molar-refractivity contribution < 1.29 is 9.52 Å². The summed E-state index contributed by atoms with van der Waals surface area (Å²) in [6.07, 6.45) is -0.815. The van der Waals surface area contributed by atoms with Crippen LogP contribution in [0, 0.1) is 6.92 Å². The zero-order valence-electron chi connectivity index (χ0n) is 12.7. The number of hydrogen-bond acceptors (Lipinski definition) is 4. The zero-order chi connectivity index (χ0) is 15.2. The average molecular weight is 301 g/mol. The second-order valence-corrected chi connectivity index (χ2v) is 7.28. The lowest BCUT2D eigenvalue weighted by molar-refractivity contribution is 0.188. The highest BCUT2D eigenvalue weighted by Gasteiger charge is 2.23. The van der Waals surface area contributed by atoms with Crippen LogP contribution in [0.1, 0.15) is 48.9 Å². The summed E-state index contributed by atoms with van der Waals surface area (Å²) < 4.78 is 5.75. The molecule has 0 fully saturated rings. The molecule has 4 heteroatoms. The van der Waals surface area contributed by atoms with E-state index in [1.54, 1.807) is 11.3 Å². The van der Waals surface area contributed by atoms with Crippen molar-refractivity contribution in [1.82, 2.24) is 4.98 Å². The number of aromatic nitrogens is 1. The third kappa shape index (κ3) is 2.74. The molecule has 0 bridgehead atoms. The number of nitrogens with zero attached hydrogens (tertiary/aromatic N) is 1. The molecule has 0 aliphatic carbocycles. The molecule has 3 aromatic rings. The van der Waals surface area contributed by atoms with Crippen LogP contribution in [0.2, 0.25) is 0 Å². The third-order valence-corrected chi connectivity index (χ3v) is 4.69. The van der Waals surface area contributed by atoms with E-state index in [-0.39, 0.29) is 5.41 Å². The van der Waals surface area contributed by atoms with Gasteiger partial charge < -0.3 is 9.52 Å². The van der Waals surface area contributed by atoms with Gasteiger partial charge in [0.25, 0.3) is 0 Å². The SMILES string of the molecule is Cc1ccc2oc(C(O)c3csc(C(C)(C)C)n3)cc2c1. The Morgan fingerprint density at radius 2 is 2.00 bits per heavy atom. The number of aryl methyl sites for hydroxylation is 1. The minimum atomic E-state index is -0.815. The van der Waals surface area contributed by atoms with Gasteiger partial charge in [-0.3, -0.25) is 0 Å². The van der Waals surface area contributed by atoms with E-state index >= 15 is 0 Å². The molecule has 21 heavy (non-hydrogen) atoms. The Kier molecular flexibility index (Phi) is 3.38. The van der Waals surface area contributed by atoms with Crippen molar-refractivity contribution in [2.75, 3.05) is 0 Å². The maximum Gasteiger partial charge on any atom is 0.154 e. The van der Waals surface area contributed by atoms with Crippen molar-refractivity contribution in [1.29, 1.82) is 0 Å². The largest absolute Gasteiger partial charge is 0.458 e. The fourth-order valence-corrected chi connectivity index (χ4v) is 3.15. The van der Waals surface area contributed by atoms with Gasteiger partial charge in [0.1, 0.15) is 11.3 Å². The number of rotatable bonds is 2. The summed E-state index contributed by atoms with van der Waals surface area (Å²) in [5.74, 6) is 0.543. The van der Waals surface area contributed by atoms with E-state index in [0.717, 1.165) is 16.0 Å². The van der Waals surface area contributed by atoms with E-state index in [1.807, 2.05) is 30.5 Å². The lowest BCUT2D eigenvalue weighted by Gasteiger charge is -2.13. The molecule has 0 spiro atoms. The fraction of sp³-hybridized carbons (Fsp3) is 0.353. The first kappa shape index (κ1) is 14.3. The topological polar surface area (TPSA) is 46.3 Å². The second kappa shape index (κ2) is 4.97. The Morgan fingerprint density at radius 3 is 2.67 bits per heavy atom. The molecule has 1 N–H and O–H groups in total. The van der Waals surface area contributed by atoms with Crippen molar-refractivity contribution in [2.45, 2.75) is 39.2 Å². The summed E-state index contributed by atoms with van der Waals surface area (Å²) in [6.45, 7) is 8.39. The van der Waals surface area contributed by atoms with Gasteiger partial charge in [0.2, 0.25) is 0 Å². The predicted octanol–water partition coefficient (Wildman–Crippen LogP) is 4.58. The summed E-state index contributed by atoms with van der Waals surface area (Å²) in [7, 11) is 0. The monoisotopic (exact) mass is 301 g/mol. The molecule has 0 saturated heterocycles. The van der Waals surface area contributed by atoms with E-state index in [1.165, 1.54) is 5.56 Å². The average Bonchev–Trinajstić information content (AvgIpc) is 3.03. The summed E-state index contributed by atoms with van der Waals surface area (Å²) in [6, 6.07) is 7.88. The second-order valence-electron chi connectivity index (χ2n) is 6.42. The highest BCUT2D eigenvalue weighted by Crippen LogP contribution is 2.32. The number of aliphatic hydroxyl groups excluding tert-OH is 1. The molecule has 0 amide bonds. The van der Waals surface area contributed by atoms with Gasteiger partial charge in [0, 0.05) is 16.2 Å². The Bertz CT molecular complexity index is 780. The van der Waals surface area contributed by atoms with Crippen molar-refractivity contribution >= 4 is 22.3 Å². The molecule has 2 heterocycles. The van der Waals surface area contributed by atoms with Gasteiger partial charge in [-0.25, -0.2) is 4.98 Å². The molecule has 3 nitrogen and oxygen atoms in total. The van der Waals surface area contributed by atoms with Crippen LogP contribution < -0.4 is 0 Å². The van der Waals surface area contributed by atoms with Crippen molar-refractivity contribution in [3.63, 3.8) is 0 Å². The van der Waals surface area contributed by atoms with E-state index in [4.69, 9.17) is 4.42 Å². The summed E-state index contributed by atoms with van der Waals surface area (Å²) in [5, 5.41) is 14.4. The quantitative estimate of drug-likeness (QED) is 0.753. The number of furan rings is 1. The van der Waals surface area contributed by atoms with Gasteiger partial charge in [-0.15, -0.1) is 11.3 Å². The lowest BCUT2D eigenvalue weighted by Crippen LogP contribution is -2.11. The van der Waals surface area contributed by atoms with E-state index < -0.39 is 6.10 Å². The minimum Gasteiger partial charge on any atom is -0.458 e. The first-order chi connectivity index (χ1) is 9.84. The van der Waals surface area contributed by atoms with Crippen LogP contribution in [-0.4, -0.2) is 10.1 Å². The number of fused-ring (bicyclic) bond motifs is 1. The summed E-state index contributed by atoms with van der Waals surface area (Å²) in [4.78, 5) is 4.55. The van der Waals surface area contributed by atoms with Crippen LogP contribution in [0.4, 0.5) is 0 Å². The highest BCUT2D eigenvalue weighted by molar-refractivity contribution is 7.09. The van der Waals surface area contributed by atoms with Crippen LogP contribution in [0.5, 0.6) is 0 Å². The number of aliphatic hydroxyl groups is 1. The number of thiazole rings is 1. The van der Waals surface area contributed by atoms with Crippen molar-refractivity contribution in [3.05, 3.63) is 51.7 Å². The molecular formula is C17H19NO2S.